The van der Waals surface area contributed by atoms with Crippen LogP contribution in [0.4, 0.5) is 10.1 Å². The molecular formula is C21H17FN4O3. The molecule has 2 heterocycles. The summed E-state index contributed by atoms with van der Waals surface area (Å²) in [7, 11) is 0. The highest BCUT2D eigenvalue weighted by Crippen LogP contribution is 2.27. The number of halogens is 1. The van der Waals surface area contributed by atoms with Crippen molar-refractivity contribution >= 4 is 22.6 Å². The van der Waals surface area contributed by atoms with Crippen molar-refractivity contribution in [1.82, 2.24) is 14.8 Å². The lowest BCUT2D eigenvalue weighted by atomic mass is 10.1. The Hall–Kier alpha value is -3.94. The van der Waals surface area contributed by atoms with Gasteiger partial charge in [-0.1, -0.05) is 6.07 Å². The van der Waals surface area contributed by atoms with Crippen LogP contribution in [0, 0.1) is 19.7 Å². The number of fused-ring (bicyclic) bond motifs is 1. The number of nitrogens with one attached hydrogen (secondary N) is 2. The zero-order chi connectivity index (χ0) is 20.7. The van der Waals surface area contributed by atoms with Crippen LogP contribution >= 0.6 is 0 Å². The number of rotatable bonds is 3. The van der Waals surface area contributed by atoms with E-state index in [2.05, 4.69) is 15.4 Å². The lowest BCUT2D eigenvalue weighted by Crippen LogP contribution is -2.23. The monoisotopic (exact) mass is 392 g/mol. The molecule has 4 rings (SSSR count). The smallest absolute Gasteiger partial charge is 0.266 e. The molecule has 0 aliphatic rings. The van der Waals surface area contributed by atoms with Gasteiger partial charge in [-0.2, -0.15) is 5.10 Å². The minimum atomic E-state index is -0.764. The molecule has 0 spiro atoms. The van der Waals surface area contributed by atoms with Gasteiger partial charge in [0.25, 0.3) is 11.5 Å². The molecule has 0 aliphatic carbocycles. The van der Waals surface area contributed by atoms with Gasteiger partial charge in [-0.25, -0.2) is 9.07 Å². The van der Waals surface area contributed by atoms with E-state index in [1.54, 1.807) is 12.1 Å². The molecule has 29 heavy (non-hydrogen) atoms. The Balaban J connectivity index is 1.76. The van der Waals surface area contributed by atoms with Crippen LogP contribution < -0.4 is 10.9 Å². The van der Waals surface area contributed by atoms with Gasteiger partial charge in [0.2, 0.25) is 0 Å². The first-order chi connectivity index (χ1) is 13.8. The van der Waals surface area contributed by atoms with Gasteiger partial charge >= 0.3 is 0 Å². The van der Waals surface area contributed by atoms with Crippen molar-refractivity contribution in [2.75, 3.05) is 5.32 Å². The number of hydrogen-bond donors (Lipinski definition) is 3. The van der Waals surface area contributed by atoms with Crippen molar-refractivity contribution in [2.24, 2.45) is 0 Å². The summed E-state index contributed by atoms with van der Waals surface area (Å²) in [4.78, 5) is 27.8. The Morgan fingerprint density at radius 3 is 2.55 bits per heavy atom. The van der Waals surface area contributed by atoms with Crippen molar-refractivity contribution < 1.29 is 14.3 Å². The molecule has 3 N–H and O–H groups in total. The number of carbonyl (C=O) groups excluding carboxylic acids is 1. The van der Waals surface area contributed by atoms with E-state index in [0.29, 0.717) is 11.4 Å². The summed E-state index contributed by atoms with van der Waals surface area (Å²) in [6.45, 7) is 3.86. The largest absolute Gasteiger partial charge is 0.506 e. The van der Waals surface area contributed by atoms with Crippen molar-refractivity contribution in [2.45, 2.75) is 13.8 Å². The first-order valence-corrected chi connectivity index (χ1v) is 8.82. The summed E-state index contributed by atoms with van der Waals surface area (Å²) in [6.07, 6.45) is 1.33. The van der Waals surface area contributed by atoms with Gasteiger partial charge < -0.3 is 15.4 Å². The molecule has 1 amide bonds. The zero-order valence-corrected chi connectivity index (χ0v) is 15.7. The van der Waals surface area contributed by atoms with E-state index in [4.69, 9.17) is 0 Å². The SMILES string of the molecule is Cc1ccc(NC(=O)c2c(O)c3cnn(-c4ccc(F)cc4)c3[nH]c2=O)cc1C. The summed E-state index contributed by atoms with van der Waals surface area (Å²) in [5.41, 5.74) is 2.08. The number of aryl methyl sites for hydroxylation is 2. The molecule has 0 atom stereocenters. The topological polar surface area (TPSA) is 100 Å². The molecule has 2 aromatic carbocycles. The number of aromatic hydroxyl groups is 1. The molecule has 0 fully saturated rings. The second kappa shape index (κ2) is 6.90. The van der Waals surface area contributed by atoms with E-state index < -0.39 is 28.6 Å². The molecule has 2 aromatic heterocycles. The van der Waals surface area contributed by atoms with Gasteiger partial charge in [-0.3, -0.25) is 9.59 Å². The number of H-pyrrole nitrogens is 1. The van der Waals surface area contributed by atoms with Crippen LogP contribution in [0.1, 0.15) is 21.5 Å². The summed E-state index contributed by atoms with van der Waals surface area (Å²) in [5, 5.41) is 17.5. The van der Waals surface area contributed by atoms with Gasteiger partial charge in [0.05, 0.1) is 17.3 Å². The fourth-order valence-electron chi connectivity index (χ4n) is 3.06. The number of aromatic amines is 1. The third kappa shape index (κ3) is 3.25. The minimum Gasteiger partial charge on any atom is -0.506 e. The number of hydrogen-bond acceptors (Lipinski definition) is 4. The molecule has 0 bridgehead atoms. The molecule has 146 valence electrons. The van der Waals surface area contributed by atoms with Crippen LogP contribution in [0.5, 0.6) is 5.75 Å². The van der Waals surface area contributed by atoms with Crippen LogP contribution in [0.25, 0.3) is 16.7 Å². The van der Waals surface area contributed by atoms with Gasteiger partial charge in [-0.05, 0) is 61.4 Å². The number of carbonyl (C=O) groups is 1. The first-order valence-electron chi connectivity index (χ1n) is 8.82. The molecule has 0 saturated carbocycles. The fourth-order valence-corrected chi connectivity index (χ4v) is 3.06. The molecule has 8 heteroatoms. The Morgan fingerprint density at radius 2 is 1.86 bits per heavy atom. The Morgan fingerprint density at radius 1 is 1.14 bits per heavy atom. The summed E-state index contributed by atoms with van der Waals surface area (Å²) in [5.74, 6) is -1.62. The van der Waals surface area contributed by atoms with E-state index in [9.17, 15) is 19.1 Å². The Bertz CT molecular complexity index is 1310. The maximum atomic E-state index is 13.2. The maximum absolute atomic E-state index is 13.2. The summed E-state index contributed by atoms with van der Waals surface area (Å²) in [6, 6.07) is 10.8. The summed E-state index contributed by atoms with van der Waals surface area (Å²) >= 11 is 0. The molecule has 7 nitrogen and oxygen atoms in total. The number of amides is 1. The molecular weight excluding hydrogens is 375 g/mol. The lowest BCUT2D eigenvalue weighted by Gasteiger charge is -2.09. The standard InChI is InChI=1S/C21H17FN4O3/c1-11-3-6-14(9-12(11)2)24-20(28)17-18(27)16-10-23-26(19(16)25-21(17)29)15-7-4-13(22)5-8-15/h3-10H,1-2H3,(H,24,28)(H2,25,27,29). The number of aromatic nitrogens is 3. The quantitative estimate of drug-likeness (QED) is 0.497. The Kier molecular flexibility index (Phi) is 4.38. The average molecular weight is 392 g/mol. The van der Waals surface area contributed by atoms with Crippen LogP contribution in [0.3, 0.4) is 0 Å². The summed E-state index contributed by atoms with van der Waals surface area (Å²) < 4.78 is 14.5. The lowest BCUT2D eigenvalue weighted by molar-refractivity contribution is 0.102. The van der Waals surface area contributed by atoms with Crippen LogP contribution in [0.2, 0.25) is 0 Å². The zero-order valence-electron chi connectivity index (χ0n) is 15.7. The average Bonchev–Trinajstić information content (AvgIpc) is 3.09. The molecule has 0 saturated heterocycles. The van der Waals surface area contributed by atoms with Gasteiger partial charge in [-0.15, -0.1) is 0 Å². The van der Waals surface area contributed by atoms with E-state index in [1.165, 1.54) is 35.1 Å². The highest BCUT2D eigenvalue weighted by atomic mass is 19.1. The number of pyridine rings is 1. The third-order valence-corrected chi connectivity index (χ3v) is 4.78. The van der Waals surface area contributed by atoms with Gasteiger partial charge in [0.15, 0.2) is 0 Å². The van der Waals surface area contributed by atoms with Crippen LogP contribution in [-0.2, 0) is 0 Å². The predicted octanol–water partition coefficient (Wildman–Crippen LogP) is 3.43. The van der Waals surface area contributed by atoms with Gasteiger partial charge in [0, 0.05) is 5.69 Å². The van der Waals surface area contributed by atoms with E-state index in [-0.39, 0.29) is 11.0 Å². The van der Waals surface area contributed by atoms with Gasteiger partial charge in [0.1, 0.15) is 22.8 Å². The number of nitrogens with zero attached hydrogens (tertiary/aromatic N) is 2. The van der Waals surface area contributed by atoms with Crippen molar-refractivity contribution in [1.29, 1.82) is 0 Å². The van der Waals surface area contributed by atoms with Crippen LogP contribution in [-0.4, -0.2) is 25.8 Å². The predicted molar refractivity (Wildman–Crippen MR) is 107 cm³/mol. The molecule has 0 radical (unpaired) electrons. The molecule has 4 aromatic rings. The van der Waals surface area contributed by atoms with Crippen LogP contribution in [0.15, 0.2) is 53.5 Å². The third-order valence-electron chi connectivity index (χ3n) is 4.78. The van der Waals surface area contributed by atoms with Crippen molar-refractivity contribution in [3.8, 4) is 11.4 Å². The molecule has 0 unspecified atom stereocenters. The second-order valence-corrected chi connectivity index (χ2v) is 6.73. The highest BCUT2D eigenvalue weighted by molar-refractivity contribution is 6.08. The van der Waals surface area contributed by atoms with E-state index in [0.717, 1.165) is 11.1 Å². The van der Waals surface area contributed by atoms with Crippen molar-refractivity contribution in [3.63, 3.8) is 0 Å². The van der Waals surface area contributed by atoms with E-state index in [1.807, 2.05) is 19.9 Å². The first kappa shape index (κ1) is 18.4. The fraction of sp³-hybridized carbons (Fsp3) is 0.0952. The number of benzene rings is 2. The number of anilines is 1. The maximum Gasteiger partial charge on any atom is 0.266 e. The minimum absolute atomic E-state index is 0.194. The Labute approximate surface area is 164 Å². The molecule has 0 aliphatic heterocycles. The van der Waals surface area contributed by atoms with Crippen molar-refractivity contribution in [3.05, 3.63) is 81.5 Å². The highest BCUT2D eigenvalue weighted by Gasteiger charge is 2.22. The normalized spacial score (nSPS) is 11.0. The van der Waals surface area contributed by atoms with E-state index >= 15 is 0 Å². The second-order valence-electron chi connectivity index (χ2n) is 6.73.